The molecule has 0 fully saturated rings. The summed E-state index contributed by atoms with van der Waals surface area (Å²) in [6.07, 6.45) is 0.222. The fraction of sp³-hybridized carbons (Fsp3) is 0.286. The van der Waals surface area contributed by atoms with Gasteiger partial charge in [-0.2, -0.15) is 0 Å². The summed E-state index contributed by atoms with van der Waals surface area (Å²) in [5.41, 5.74) is 0. The number of halogens is 1. The lowest BCUT2D eigenvalue weighted by Crippen LogP contribution is -1.95. The van der Waals surface area contributed by atoms with Crippen molar-refractivity contribution in [3.05, 3.63) is 15.9 Å². The maximum absolute atomic E-state index is 10.2. The summed E-state index contributed by atoms with van der Waals surface area (Å²) in [5, 5.41) is 8.38. The SMILES string of the molecule is O=C(O)CCSc1ccc(Br)s1. The van der Waals surface area contributed by atoms with Crippen molar-refractivity contribution in [1.82, 2.24) is 0 Å². The molecule has 1 rings (SSSR count). The predicted octanol–water partition coefficient (Wildman–Crippen LogP) is 3.08. The second-order valence-electron chi connectivity index (χ2n) is 2.05. The van der Waals surface area contributed by atoms with Gasteiger partial charge in [-0.05, 0) is 28.1 Å². The number of hydrogen-bond donors (Lipinski definition) is 1. The third-order valence-electron chi connectivity index (χ3n) is 1.11. The van der Waals surface area contributed by atoms with Gasteiger partial charge in [-0.1, -0.05) is 0 Å². The maximum Gasteiger partial charge on any atom is 0.304 e. The number of aliphatic carboxylic acids is 1. The Labute approximate surface area is 87.1 Å². The van der Waals surface area contributed by atoms with Crippen LogP contribution in [-0.4, -0.2) is 16.8 Å². The second-order valence-corrected chi connectivity index (χ2v) is 5.91. The predicted molar refractivity (Wildman–Crippen MR) is 55.0 cm³/mol. The minimum Gasteiger partial charge on any atom is -0.481 e. The molecule has 0 aromatic carbocycles. The molecule has 0 amide bonds. The van der Waals surface area contributed by atoms with Crippen LogP contribution < -0.4 is 0 Å². The van der Waals surface area contributed by atoms with E-state index in [-0.39, 0.29) is 6.42 Å². The number of carboxylic acids is 1. The zero-order valence-electron chi connectivity index (χ0n) is 6.12. The van der Waals surface area contributed by atoms with Gasteiger partial charge in [0.25, 0.3) is 0 Å². The van der Waals surface area contributed by atoms with Crippen molar-refractivity contribution in [2.24, 2.45) is 0 Å². The topological polar surface area (TPSA) is 37.3 Å². The molecule has 0 atom stereocenters. The molecule has 1 heterocycles. The highest BCUT2D eigenvalue weighted by Gasteiger charge is 2.00. The molecule has 1 N–H and O–H groups in total. The van der Waals surface area contributed by atoms with E-state index >= 15 is 0 Å². The van der Waals surface area contributed by atoms with Crippen LogP contribution >= 0.6 is 39.0 Å². The van der Waals surface area contributed by atoms with Crippen LogP contribution in [-0.2, 0) is 4.79 Å². The highest BCUT2D eigenvalue weighted by atomic mass is 79.9. The van der Waals surface area contributed by atoms with E-state index < -0.39 is 5.97 Å². The van der Waals surface area contributed by atoms with Crippen LogP contribution in [0.25, 0.3) is 0 Å². The van der Waals surface area contributed by atoms with Gasteiger partial charge in [0.15, 0.2) is 0 Å². The summed E-state index contributed by atoms with van der Waals surface area (Å²) in [6, 6.07) is 3.95. The third-order valence-corrected chi connectivity index (χ3v) is 3.96. The van der Waals surface area contributed by atoms with Crippen molar-refractivity contribution in [3.8, 4) is 0 Å². The van der Waals surface area contributed by atoms with Gasteiger partial charge in [0.1, 0.15) is 0 Å². The third kappa shape index (κ3) is 3.60. The smallest absolute Gasteiger partial charge is 0.304 e. The fourth-order valence-electron chi connectivity index (χ4n) is 0.614. The molecule has 0 aliphatic rings. The number of rotatable bonds is 4. The van der Waals surface area contributed by atoms with Crippen molar-refractivity contribution < 1.29 is 9.90 Å². The lowest BCUT2D eigenvalue weighted by Gasteiger charge is -1.92. The van der Waals surface area contributed by atoms with Crippen LogP contribution in [0.1, 0.15) is 6.42 Å². The lowest BCUT2D eigenvalue weighted by molar-refractivity contribution is -0.136. The Balaban J connectivity index is 2.29. The van der Waals surface area contributed by atoms with E-state index in [1.54, 1.807) is 23.1 Å². The first kappa shape index (κ1) is 10.1. The molecular weight excluding hydrogens is 260 g/mol. The molecule has 0 saturated heterocycles. The first-order chi connectivity index (χ1) is 5.68. The zero-order valence-corrected chi connectivity index (χ0v) is 9.34. The molecule has 12 heavy (non-hydrogen) atoms. The molecule has 1 aromatic heterocycles. The van der Waals surface area contributed by atoms with Crippen LogP contribution in [0.2, 0.25) is 0 Å². The van der Waals surface area contributed by atoms with Gasteiger partial charge in [-0.15, -0.1) is 23.1 Å². The zero-order chi connectivity index (χ0) is 8.97. The Hall–Kier alpha value is -0.0000000000000000833. The summed E-state index contributed by atoms with van der Waals surface area (Å²) in [4.78, 5) is 10.2. The van der Waals surface area contributed by atoms with Gasteiger partial charge < -0.3 is 5.11 Å². The number of hydrogen-bond acceptors (Lipinski definition) is 3. The first-order valence-corrected chi connectivity index (χ1v) is 5.88. The van der Waals surface area contributed by atoms with Crippen LogP contribution in [0.3, 0.4) is 0 Å². The van der Waals surface area contributed by atoms with Crippen LogP contribution in [0.15, 0.2) is 20.1 Å². The van der Waals surface area contributed by atoms with Crippen LogP contribution in [0, 0.1) is 0 Å². The van der Waals surface area contributed by atoms with Gasteiger partial charge in [0, 0.05) is 5.75 Å². The summed E-state index contributed by atoms with van der Waals surface area (Å²) in [6.45, 7) is 0. The average molecular weight is 267 g/mol. The van der Waals surface area contributed by atoms with Crippen molar-refractivity contribution in [3.63, 3.8) is 0 Å². The van der Waals surface area contributed by atoms with Crippen molar-refractivity contribution in [2.75, 3.05) is 5.75 Å². The molecule has 0 radical (unpaired) electrons. The highest BCUT2D eigenvalue weighted by molar-refractivity contribution is 9.11. The number of carboxylic acid groups (broad SMARTS) is 1. The molecular formula is C7H7BrO2S2. The van der Waals surface area contributed by atoms with Gasteiger partial charge in [-0.25, -0.2) is 0 Å². The van der Waals surface area contributed by atoms with E-state index in [4.69, 9.17) is 5.11 Å². The number of carbonyl (C=O) groups is 1. The van der Waals surface area contributed by atoms with Crippen LogP contribution in [0.4, 0.5) is 0 Å². The summed E-state index contributed by atoms with van der Waals surface area (Å²) in [5.74, 6) is -0.0967. The Morgan fingerprint density at radius 3 is 2.92 bits per heavy atom. The molecule has 1 aromatic rings. The van der Waals surface area contributed by atoms with E-state index in [9.17, 15) is 4.79 Å². The van der Waals surface area contributed by atoms with E-state index in [2.05, 4.69) is 15.9 Å². The highest BCUT2D eigenvalue weighted by Crippen LogP contribution is 2.30. The maximum atomic E-state index is 10.2. The summed E-state index contributed by atoms with van der Waals surface area (Å²) in [7, 11) is 0. The van der Waals surface area contributed by atoms with Gasteiger partial charge in [-0.3, -0.25) is 4.79 Å². The Kier molecular flexibility index (Phi) is 4.11. The molecule has 0 aliphatic heterocycles. The standard InChI is InChI=1S/C7H7BrO2S2/c8-5-1-2-7(12-5)11-4-3-6(9)10/h1-2H,3-4H2,(H,9,10). The molecule has 0 spiro atoms. The number of thioether (sulfide) groups is 1. The van der Waals surface area contributed by atoms with E-state index in [1.165, 1.54) is 0 Å². The number of thiophene rings is 1. The minimum atomic E-state index is -0.738. The normalized spacial score (nSPS) is 10.1. The Morgan fingerprint density at radius 1 is 1.67 bits per heavy atom. The van der Waals surface area contributed by atoms with Crippen molar-refractivity contribution in [2.45, 2.75) is 10.6 Å². The quantitative estimate of drug-likeness (QED) is 0.852. The Morgan fingerprint density at radius 2 is 2.42 bits per heavy atom. The lowest BCUT2D eigenvalue weighted by atomic mass is 10.5. The average Bonchev–Trinajstić information content (AvgIpc) is 2.35. The summed E-state index contributed by atoms with van der Waals surface area (Å²) < 4.78 is 2.24. The largest absolute Gasteiger partial charge is 0.481 e. The van der Waals surface area contributed by atoms with Crippen molar-refractivity contribution >= 4 is 45.0 Å². The molecule has 0 unspecified atom stereocenters. The van der Waals surface area contributed by atoms with Crippen LogP contribution in [0.5, 0.6) is 0 Å². The molecule has 0 saturated carbocycles. The van der Waals surface area contributed by atoms with Gasteiger partial charge in [0.05, 0.1) is 14.4 Å². The van der Waals surface area contributed by atoms with E-state index in [1.807, 2.05) is 12.1 Å². The molecule has 66 valence electrons. The fourth-order valence-corrected chi connectivity index (χ4v) is 3.45. The van der Waals surface area contributed by atoms with Gasteiger partial charge in [0.2, 0.25) is 0 Å². The van der Waals surface area contributed by atoms with E-state index in [0.29, 0.717) is 5.75 Å². The molecule has 0 aliphatic carbocycles. The Bertz CT molecular complexity index is 272. The molecule has 2 nitrogen and oxygen atoms in total. The second kappa shape index (κ2) is 4.89. The van der Waals surface area contributed by atoms with Crippen molar-refractivity contribution in [1.29, 1.82) is 0 Å². The molecule has 5 heteroatoms. The monoisotopic (exact) mass is 266 g/mol. The molecule has 0 bridgehead atoms. The first-order valence-electron chi connectivity index (χ1n) is 3.28. The van der Waals surface area contributed by atoms with E-state index in [0.717, 1.165) is 8.00 Å². The minimum absolute atomic E-state index is 0.222. The summed E-state index contributed by atoms with van der Waals surface area (Å²) >= 11 is 6.55. The van der Waals surface area contributed by atoms with Gasteiger partial charge >= 0.3 is 5.97 Å².